The first-order valence-corrected chi connectivity index (χ1v) is 8.50. The smallest absolute Gasteiger partial charge is 0.0356 e. The number of hydrogen-bond donors (Lipinski definition) is 1. The second-order valence-electron chi connectivity index (χ2n) is 7.72. The van der Waals surface area contributed by atoms with Crippen molar-refractivity contribution in [2.45, 2.75) is 69.4 Å². The summed E-state index contributed by atoms with van der Waals surface area (Å²) in [6.07, 6.45) is 13.2. The van der Waals surface area contributed by atoms with E-state index in [9.17, 15) is 0 Å². The average molecular weight is 264 g/mol. The van der Waals surface area contributed by atoms with Crippen LogP contribution < -0.4 is 5.32 Å². The summed E-state index contributed by atoms with van der Waals surface area (Å²) in [6, 6.07) is 0.703. The molecule has 0 aliphatic heterocycles. The van der Waals surface area contributed by atoms with Crippen molar-refractivity contribution in [2.75, 3.05) is 21.1 Å². The van der Waals surface area contributed by atoms with Gasteiger partial charge in [-0.3, -0.25) is 0 Å². The molecule has 3 aliphatic rings. The monoisotopic (exact) mass is 264 g/mol. The molecule has 0 heterocycles. The van der Waals surface area contributed by atoms with Crippen LogP contribution in [-0.2, 0) is 0 Å². The van der Waals surface area contributed by atoms with Gasteiger partial charge in [0.1, 0.15) is 0 Å². The van der Waals surface area contributed by atoms with Gasteiger partial charge in [0, 0.05) is 11.6 Å². The minimum absolute atomic E-state index is 0.441. The molecule has 1 N–H and O–H groups in total. The van der Waals surface area contributed by atoms with Crippen LogP contribution in [0.15, 0.2) is 0 Å². The van der Waals surface area contributed by atoms with Crippen LogP contribution >= 0.6 is 0 Å². The van der Waals surface area contributed by atoms with Gasteiger partial charge in [0.15, 0.2) is 0 Å². The second-order valence-corrected chi connectivity index (χ2v) is 7.72. The van der Waals surface area contributed by atoms with Crippen molar-refractivity contribution in [3.63, 3.8) is 0 Å². The van der Waals surface area contributed by atoms with Gasteiger partial charge in [-0.15, -0.1) is 0 Å². The van der Waals surface area contributed by atoms with Crippen molar-refractivity contribution in [3.8, 4) is 0 Å². The van der Waals surface area contributed by atoms with Crippen molar-refractivity contribution in [1.82, 2.24) is 10.2 Å². The van der Waals surface area contributed by atoms with Gasteiger partial charge >= 0.3 is 0 Å². The van der Waals surface area contributed by atoms with Crippen molar-refractivity contribution in [1.29, 1.82) is 0 Å². The van der Waals surface area contributed by atoms with Crippen LogP contribution in [0.25, 0.3) is 0 Å². The predicted molar refractivity (Wildman–Crippen MR) is 81.3 cm³/mol. The summed E-state index contributed by atoms with van der Waals surface area (Å²) >= 11 is 0. The van der Waals surface area contributed by atoms with E-state index >= 15 is 0 Å². The fraction of sp³-hybridized carbons (Fsp3) is 1.00. The van der Waals surface area contributed by atoms with Crippen molar-refractivity contribution < 1.29 is 0 Å². The Morgan fingerprint density at radius 3 is 2.37 bits per heavy atom. The van der Waals surface area contributed by atoms with Gasteiger partial charge in [-0.05, 0) is 77.4 Å². The number of fused-ring (bicyclic) bond motifs is 2. The lowest BCUT2D eigenvalue weighted by molar-refractivity contribution is 0.0878. The second kappa shape index (κ2) is 5.37. The molecule has 0 radical (unpaired) electrons. The molecular formula is C17H32N2. The van der Waals surface area contributed by atoms with E-state index in [0.29, 0.717) is 11.6 Å². The highest BCUT2D eigenvalue weighted by molar-refractivity contribution is 5.04. The van der Waals surface area contributed by atoms with E-state index in [2.05, 4.69) is 31.4 Å². The maximum Gasteiger partial charge on any atom is 0.0356 e. The van der Waals surface area contributed by atoms with Gasteiger partial charge in [0.05, 0.1) is 0 Å². The molecule has 2 heteroatoms. The lowest BCUT2D eigenvalue weighted by Crippen LogP contribution is -2.57. The van der Waals surface area contributed by atoms with E-state index in [4.69, 9.17) is 0 Å². The lowest BCUT2D eigenvalue weighted by atomic mass is 9.77. The van der Waals surface area contributed by atoms with Gasteiger partial charge in [0.2, 0.25) is 0 Å². The predicted octanol–water partition coefficient (Wildman–Crippen LogP) is 3.28. The normalized spacial score (nSPS) is 38.2. The van der Waals surface area contributed by atoms with Crippen molar-refractivity contribution >= 4 is 0 Å². The zero-order chi connectivity index (χ0) is 13.5. The van der Waals surface area contributed by atoms with E-state index in [1.807, 2.05) is 0 Å². The third-order valence-corrected chi connectivity index (χ3v) is 6.78. The molecule has 0 spiro atoms. The van der Waals surface area contributed by atoms with Crippen LogP contribution in [0.1, 0.15) is 57.8 Å². The Morgan fingerprint density at radius 2 is 1.89 bits per heavy atom. The first-order chi connectivity index (χ1) is 9.15. The van der Waals surface area contributed by atoms with Gasteiger partial charge in [-0.2, -0.15) is 0 Å². The van der Waals surface area contributed by atoms with Gasteiger partial charge in [-0.25, -0.2) is 0 Å². The molecule has 19 heavy (non-hydrogen) atoms. The number of nitrogens with one attached hydrogen (secondary N) is 1. The number of hydrogen-bond acceptors (Lipinski definition) is 2. The Labute approximate surface area is 119 Å². The van der Waals surface area contributed by atoms with Gasteiger partial charge in [-0.1, -0.05) is 19.3 Å². The molecule has 110 valence electrons. The Bertz CT molecular complexity index is 306. The SMILES string of the molecule is CNC(CC1CC2CCC1C2)C1(N(C)C)CCCC1. The molecule has 2 nitrogen and oxygen atoms in total. The summed E-state index contributed by atoms with van der Waals surface area (Å²) in [5, 5.41) is 3.71. The molecule has 0 aromatic carbocycles. The molecule has 3 saturated carbocycles. The average Bonchev–Trinajstić information content (AvgIpc) is 3.11. The van der Waals surface area contributed by atoms with Crippen LogP contribution in [0.3, 0.4) is 0 Å². The molecule has 0 aromatic heterocycles. The van der Waals surface area contributed by atoms with E-state index in [1.165, 1.54) is 51.4 Å². The maximum atomic E-state index is 3.71. The van der Waals surface area contributed by atoms with Crippen LogP contribution in [-0.4, -0.2) is 37.6 Å². The third-order valence-electron chi connectivity index (χ3n) is 6.78. The summed E-state index contributed by atoms with van der Waals surface area (Å²) in [5.41, 5.74) is 0.441. The summed E-state index contributed by atoms with van der Waals surface area (Å²) in [7, 11) is 6.80. The van der Waals surface area contributed by atoms with Crippen LogP contribution in [0, 0.1) is 17.8 Å². The van der Waals surface area contributed by atoms with E-state index in [1.54, 1.807) is 6.42 Å². The standard InChI is InChI=1S/C17H32N2/c1-18-16(17(19(2)3)8-4-5-9-17)12-15-11-13-6-7-14(15)10-13/h13-16,18H,4-12H2,1-3H3. The van der Waals surface area contributed by atoms with E-state index in [0.717, 1.165) is 17.8 Å². The minimum atomic E-state index is 0.441. The molecule has 4 unspecified atom stereocenters. The summed E-state index contributed by atoms with van der Waals surface area (Å²) < 4.78 is 0. The van der Waals surface area contributed by atoms with Crippen LogP contribution in [0.2, 0.25) is 0 Å². The Hall–Kier alpha value is -0.0800. The quantitative estimate of drug-likeness (QED) is 0.820. The maximum absolute atomic E-state index is 3.71. The number of likely N-dealkylation sites (N-methyl/N-ethyl adjacent to an activating group) is 2. The zero-order valence-electron chi connectivity index (χ0n) is 13.1. The highest BCUT2D eigenvalue weighted by Gasteiger charge is 2.46. The Morgan fingerprint density at radius 1 is 1.16 bits per heavy atom. The molecule has 3 aliphatic carbocycles. The molecule has 4 atom stereocenters. The van der Waals surface area contributed by atoms with Crippen LogP contribution in [0.4, 0.5) is 0 Å². The Balaban J connectivity index is 1.69. The minimum Gasteiger partial charge on any atom is -0.315 e. The fourth-order valence-electron chi connectivity index (χ4n) is 5.67. The molecule has 2 bridgehead atoms. The molecule has 0 amide bonds. The van der Waals surface area contributed by atoms with E-state index in [-0.39, 0.29) is 0 Å². The van der Waals surface area contributed by atoms with Crippen molar-refractivity contribution in [3.05, 3.63) is 0 Å². The fourth-order valence-corrected chi connectivity index (χ4v) is 5.67. The largest absolute Gasteiger partial charge is 0.315 e. The zero-order valence-corrected chi connectivity index (χ0v) is 13.1. The molecule has 0 saturated heterocycles. The summed E-state index contributed by atoms with van der Waals surface area (Å²) in [4.78, 5) is 2.54. The molecule has 3 rings (SSSR count). The Kier molecular flexibility index (Phi) is 3.92. The first-order valence-electron chi connectivity index (χ1n) is 8.50. The summed E-state index contributed by atoms with van der Waals surface area (Å²) in [5.74, 6) is 3.18. The number of nitrogens with zero attached hydrogens (tertiary/aromatic N) is 1. The highest BCUT2D eigenvalue weighted by atomic mass is 15.2. The molecular weight excluding hydrogens is 232 g/mol. The van der Waals surface area contributed by atoms with Gasteiger partial charge < -0.3 is 10.2 Å². The lowest BCUT2D eigenvalue weighted by Gasteiger charge is -2.45. The molecule has 3 fully saturated rings. The highest BCUT2D eigenvalue weighted by Crippen LogP contribution is 2.51. The van der Waals surface area contributed by atoms with E-state index < -0.39 is 0 Å². The van der Waals surface area contributed by atoms with Gasteiger partial charge in [0.25, 0.3) is 0 Å². The van der Waals surface area contributed by atoms with Crippen molar-refractivity contribution in [2.24, 2.45) is 17.8 Å². The topological polar surface area (TPSA) is 15.3 Å². The number of rotatable bonds is 5. The molecule has 0 aromatic rings. The van der Waals surface area contributed by atoms with Crippen LogP contribution in [0.5, 0.6) is 0 Å². The summed E-state index contributed by atoms with van der Waals surface area (Å²) in [6.45, 7) is 0. The third kappa shape index (κ3) is 2.35. The first kappa shape index (κ1) is 13.9.